The minimum absolute atomic E-state index is 0.115. The lowest BCUT2D eigenvalue weighted by atomic mass is 10.1. The van der Waals surface area contributed by atoms with E-state index in [1.807, 2.05) is 37.3 Å². The summed E-state index contributed by atoms with van der Waals surface area (Å²) in [4.78, 5) is 11.7. The van der Waals surface area contributed by atoms with Gasteiger partial charge in [0.15, 0.2) is 0 Å². The third kappa shape index (κ3) is 3.52. The molecule has 3 rings (SSSR count). The fourth-order valence-electron chi connectivity index (χ4n) is 2.68. The van der Waals surface area contributed by atoms with Gasteiger partial charge >= 0.3 is 0 Å². The Labute approximate surface area is 151 Å². The number of nitrogens with zero attached hydrogens (tertiary/aromatic N) is 1. The lowest BCUT2D eigenvalue weighted by Crippen LogP contribution is -2.34. The summed E-state index contributed by atoms with van der Waals surface area (Å²) in [5, 5.41) is 0.869. The molecular formula is C19H16ClNO3S. The summed E-state index contributed by atoms with van der Waals surface area (Å²) < 4.78 is 27.3. The Morgan fingerprint density at radius 3 is 2.28 bits per heavy atom. The number of fused-ring (bicyclic) bond motifs is 1. The zero-order valence-corrected chi connectivity index (χ0v) is 15.1. The first-order chi connectivity index (χ1) is 11.9. The first-order valence-corrected chi connectivity index (χ1v) is 9.47. The fraction of sp³-hybridized carbons (Fsp3) is 0.105. The lowest BCUT2D eigenvalue weighted by Gasteiger charge is -2.24. The van der Waals surface area contributed by atoms with Crippen LogP contribution in [-0.2, 0) is 14.8 Å². The minimum Gasteiger partial charge on any atom is -0.279 e. The van der Waals surface area contributed by atoms with E-state index >= 15 is 0 Å². The molecule has 0 aliphatic rings. The Morgan fingerprint density at radius 2 is 1.60 bits per heavy atom. The van der Waals surface area contributed by atoms with Gasteiger partial charge in [0.05, 0.1) is 10.6 Å². The zero-order chi connectivity index (χ0) is 18.0. The second-order valence-electron chi connectivity index (χ2n) is 5.68. The Hall–Kier alpha value is -2.37. The number of anilines is 1. The first-order valence-electron chi connectivity index (χ1n) is 7.65. The summed E-state index contributed by atoms with van der Waals surface area (Å²) in [6.07, 6.45) is 0. The van der Waals surface area contributed by atoms with Crippen molar-refractivity contribution in [3.05, 3.63) is 72.3 Å². The van der Waals surface area contributed by atoms with E-state index in [0.29, 0.717) is 5.69 Å². The molecule has 0 N–H and O–H groups in total. The van der Waals surface area contributed by atoms with Crippen molar-refractivity contribution in [1.82, 2.24) is 0 Å². The number of hydrogen-bond acceptors (Lipinski definition) is 3. The van der Waals surface area contributed by atoms with Crippen molar-refractivity contribution < 1.29 is 13.2 Å². The lowest BCUT2D eigenvalue weighted by molar-refractivity contribution is -0.110. The van der Waals surface area contributed by atoms with Crippen LogP contribution in [0.4, 0.5) is 5.69 Å². The third-order valence-corrected chi connectivity index (χ3v) is 5.81. The van der Waals surface area contributed by atoms with Gasteiger partial charge in [-0.2, -0.15) is 0 Å². The topological polar surface area (TPSA) is 54.5 Å². The largest absolute Gasteiger partial charge is 0.279 e. The summed E-state index contributed by atoms with van der Waals surface area (Å²) in [6.45, 7) is 1.44. The number of hydrogen-bond donors (Lipinski definition) is 0. The van der Waals surface area contributed by atoms with E-state index in [2.05, 4.69) is 0 Å². The van der Waals surface area contributed by atoms with E-state index in [-0.39, 0.29) is 4.90 Å². The molecule has 0 bridgehead atoms. The number of rotatable bonds is 5. The molecule has 0 saturated carbocycles. The molecule has 0 aliphatic heterocycles. The molecule has 0 atom stereocenters. The average Bonchev–Trinajstić information content (AvgIpc) is 2.59. The predicted molar refractivity (Wildman–Crippen MR) is 101 cm³/mol. The summed E-state index contributed by atoms with van der Waals surface area (Å²) in [5.41, 5.74) is 1.37. The molecule has 0 radical (unpaired) electrons. The normalized spacial score (nSPS) is 11.4. The van der Waals surface area contributed by atoms with Gasteiger partial charge in [0, 0.05) is 5.39 Å². The SMILES string of the molecule is Cc1ccc(S(=O)(=O)N(CC(=O)Cl)c2cccc3ccccc23)cc1. The second-order valence-corrected chi connectivity index (χ2v) is 7.96. The van der Waals surface area contributed by atoms with Crippen LogP contribution in [0.2, 0.25) is 0 Å². The van der Waals surface area contributed by atoms with E-state index in [0.717, 1.165) is 20.6 Å². The highest BCUT2D eigenvalue weighted by Gasteiger charge is 2.27. The van der Waals surface area contributed by atoms with Crippen LogP contribution in [0, 0.1) is 6.92 Å². The highest BCUT2D eigenvalue weighted by atomic mass is 35.5. The van der Waals surface area contributed by atoms with Crippen molar-refractivity contribution >= 4 is 43.3 Å². The van der Waals surface area contributed by atoms with Gasteiger partial charge in [0.1, 0.15) is 6.54 Å². The van der Waals surface area contributed by atoms with Crippen LogP contribution < -0.4 is 4.31 Å². The number of benzene rings is 3. The molecule has 4 nitrogen and oxygen atoms in total. The van der Waals surface area contributed by atoms with Gasteiger partial charge in [-0.3, -0.25) is 9.10 Å². The monoisotopic (exact) mass is 373 g/mol. The van der Waals surface area contributed by atoms with Gasteiger partial charge in [-0.05, 0) is 42.1 Å². The maximum absolute atomic E-state index is 13.1. The van der Waals surface area contributed by atoms with E-state index in [1.54, 1.807) is 24.3 Å². The van der Waals surface area contributed by atoms with E-state index < -0.39 is 21.8 Å². The third-order valence-electron chi connectivity index (χ3n) is 3.91. The minimum atomic E-state index is -3.93. The van der Waals surface area contributed by atoms with Crippen LogP contribution in [0.1, 0.15) is 5.56 Å². The quantitative estimate of drug-likeness (QED) is 0.632. The van der Waals surface area contributed by atoms with Crippen molar-refractivity contribution in [1.29, 1.82) is 0 Å². The van der Waals surface area contributed by atoms with E-state index in [9.17, 15) is 13.2 Å². The van der Waals surface area contributed by atoms with Crippen LogP contribution in [0.5, 0.6) is 0 Å². The Balaban J connectivity index is 2.20. The molecular weight excluding hydrogens is 358 g/mol. The maximum atomic E-state index is 13.1. The zero-order valence-electron chi connectivity index (χ0n) is 13.5. The van der Waals surface area contributed by atoms with Crippen LogP contribution in [0.15, 0.2) is 71.6 Å². The van der Waals surface area contributed by atoms with Gasteiger partial charge < -0.3 is 0 Å². The van der Waals surface area contributed by atoms with Crippen molar-refractivity contribution in [3.63, 3.8) is 0 Å². The molecule has 25 heavy (non-hydrogen) atoms. The summed E-state index contributed by atoms with van der Waals surface area (Å²) in [6, 6.07) is 19.2. The highest BCUT2D eigenvalue weighted by Crippen LogP contribution is 2.31. The van der Waals surface area contributed by atoms with Crippen molar-refractivity contribution in [3.8, 4) is 0 Å². The van der Waals surface area contributed by atoms with Gasteiger partial charge in [-0.25, -0.2) is 8.42 Å². The average molecular weight is 374 g/mol. The molecule has 6 heteroatoms. The molecule has 0 amide bonds. The summed E-state index contributed by atoms with van der Waals surface area (Å²) >= 11 is 5.55. The molecule has 0 aromatic heterocycles. The molecule has 0 heterocycles. The van der Waals surface area contributed by atoms with Crippen molar-refractivity contribution in [2.24, 2.45) is 0 Å². The first kappa shape index (κ1) is 17.5. The molecule has 0 spiro atoms. The molecule has 0 saturated heterocycles. The highest BCUT2D eigenvalue weighted by molar-refractivity contribution is 7.92. The number of carbonyl (C=O) groups excluding carboxylic acids is 1. The molecule has 0 fully saturated rings. The molecule has 3 aromatic rings. The van der Waals surface area contributed by atoms with Gasteiger partial charge in [-0.1, -0.05) is 54.1 Å². The number of aryl methyl sites for hydroxylation is 1. The summed E-state index contributed by atoms with van der Waals surface area (Å²) in [7, 11) is -3.93. The van der Waals surface area contributed by atoms with Gasteiger partial charge in [0.2, 0.25) is 5.24 Å². The molecule has 0 unspecified atom stereocenters. The number of halogens is 1. The summed E-state index contributed by atoms with van der Waals surface area (Å²) in [5.74, 6) is 0. The Morgan fingerprint density at radius 1 is 0.960 bits per heavy atom. The van der Waals surface area contributed by atoms with E-state index in [4.69, 9.17) is 11.6 Å². The standard InChI is InChI=1S/C19H16ClNO3S/c1-14-9-11-16(12-10-14)25(23,24)21(13-19(20)22)18-8-4-6-15-5-2-3-7-17(15)18/h2-12H,13H2,1H3. The van der Waals surface area contributed by atoms with Crippen molar-refractivity contribution in [2.45, 2.75) is 11.8 Å². The van der Waals surface area contributed by atoms with Crippen LogP contribution >= 0.6 is 11.6 Å². The Bertz CT molecular complexity index is 1020. The fourth-order valence-corrected chi connectivity index (χ4v) is 4.31. The smallest absolute Gasteiger partial charge is 0.264 e. The van der Waals surface area contributed by atoms with Gasteiger partial charge in [0.25, 0.3) is 10.0 Å². The van der Waals surface area contributed by atoms with Crippen LogP contribution in [-0.4, -0.2) is 20.2 Å². The predicted octanol–water partition coefficient (Wildman–Crippen LogP) is 4.11. The van der Waals surface area contributed by atoms with Crippen molar-refractivity contribution in [2.75, 3.05) is 10.8 Å². The number of sulfonamides is 1. The number of carbonyl (C=O) groups is 1. The Kier molecular flexibility index (Phi) is 4.79. The molecule has 0 aliphatic carbocycles. The molecule has 3 aromatic carbocycles. The molecule has 128 valence electrons. The van der Waals surface area contributed by atoms with Gasteiger partial charge in [-0.15, -0.1) is 0 Å². The van der Waals surface area contributed by atoms with E-state index in [1.165, 1.54) is 12.1 Å². The maximum Gasteiger partial charge on any atom is 0.264 e. The second kappa shape index (κ2) is 6.86. The van der Waals surface area contributed by atoms with Crippen LogP contribution in [0.25, 0.3) is 10.8 Å². The van der Waals surface area contributed by atoms with Crippen LogP contribution in [0.3, 0.4) is 0 Å².